The van der Waals surface area contributed by atoms with E-state index in [1.807, 2.05) is 0 Å². The SMILES string of the molecule is O=C(O)CCCC(=O)OC1[C@H]2CCC#CCC[C@@H]12. The minimum atomic E-state index is -0.868. The van der Waals surface area contributed by atoms with Crippen LogP contribution < -0.4 is 0 Å². The van der Waals surface area contributed by atoms with E-state index in [0.717, 1.165) is 25.7 Å². The fourth-order valence-corrected chi connectivity index (χ4v) is 2.59. The first kappa shape index (κ1) is 12.9. The Balaban J connectivity index is 1.68. The number of hydrogen-bond donors (Lipinski definition) is 1. The molecule has 0 saturated heterocycles. The van der Waals surface area contributed by atoms with Crippen LogP contribution in [0.2, 0.25) is 0 Å². The number of esters is 1. The van der Waals surface area contributed by atoms with Crippen LogP contribution in [0.5, 0.6) is 0 Å². The summed E-state index contributed by atoms with van der Waals surface area (Å²) in [7, 11) is 0. The Labute approximate surface area is 107 Å². The Kier molecular flexibility index (Phi) is 4.24. The first-order valence-corrected chi connectivity index (χ1v) is 6.55. The number of ether oxygens (including phenoxy) is 1. The predicted octanol–water partition coefficient (Wildman–Crippen LogP) is 1.98. The van der Waals surface area contributed by atoms with Crippen molar-refractivity contribution in [3.63, 3.8) is 0 Å². The molecule has 0 aromatic heterocycles. The fraction of sp³-hybridized carbons (Fsp3) is 0.714. The Hall–Kier alpha value is -1.50. The Morgan fingerprint density at radius 2 is 1.72 bits per heavy atom. The van der Waals surface area contributed by atoms with Crippen molar-refractivity contribution in [1.29, 1.82) is 0 Å². The third kappa shape index (κ3) is 3.49. The van der Waals surface area contributed by atoms with E-state index in [1.54, 1.807) is 0 Å². The van der Waals surface area contributed by atoms with Crippen LogP contribution in [0.3, 0.4) is 0 Å². The van der Waals surface area contributed by atoms with Crippen molar-refractivity contribution in [1.82, 2.24) is 0 Å². The lowest BCUT2D eigenvalue weighted by atomic mass is 10.1. The van der Waals surface area contributed by atoms with Crippen molar-refractivity contribution in [2.45, 2.75) is 51.0 Å². The van der Waals surface area contributed by atoms with Gasteiger partial charge >= 0.3 is 11.9 Å². The number of fused-ring (bicyclic) bond motifs is 1. The van der Waals surface area contributed by atoms with Gasteiger partial charge in [-0.2, -0.15) is 0 Å². The van der Waals surface area contributed by atoms with Gasteiger partial charge in [0.2, 0.25) is 0 Å². The molecule has 2 aliphatic rings. The molecule has 0 amide bonds. The van der Waals surface area contributed by atoms with Crippen LogP contribution in [0.25, 0.3) is 0 Å². The van der Waals surface area contributed by atoms with Gasteiger partial charge < -0.3 is 9.84 Å². The molecule has 1 N–H and O–H groups in total. The highest BCUT2D eigenvalue weighted by molar-refractivity contribution is 5.71. The second kappa shape index (κ2) is 5.90. The molecule has 4 nitrogen and oxygen atoms in total. The highest BCUT2D eigenvalue weighted by Crippen LogP contribution is 2.48. The number of carboxylic acids is 1. The fourth-order valence-electron chi connectivity index (χ4n) is 2.59. The number of carboxylic acid groups (broad SMARTS) is 1. The number of hydrogen-bond acceptors (Lipinski definition) is 3. The number of carbonyl (C=O) groups excluding carboxylic acids is 1. The maximum absolute atomic E-state index is 11.5. The van der Waals surface area contributed by atoms with E-state index >= 15 is 0 Å². The van der Waals surface area contributed by atoms with E-state index in [1.165, 1.54) is 0 Å². The van der Waals surface area contributed by atoms with Gasteiger partial charge in [-0.3, -0.25) is 9.59 Å². The molecule has 1 saturated carbocycles. The van der Waals surface area contributed by atoms with Crippen molar-refractivity contribution in [2.75, 3.05) is 0 Å². The highest BCUT2D eigenvalue weighted by atomic mass is 16.5. The van der Waals surface area contributed by atoms with Crippen molar-refractivity contribution >= 4 is 11.9 Å². The van der Waals surface area contributed by atoms with Gasteiger partial charge in [0.05, 0.1) is 0 Å². The van der Waals surface area contributed by atoms with Gasteiger partial charge in [-0.1, -0.05) is 0 Å². The average molecular weight is 250 g/mol. The molecule has 2 aliphatic carbocycles. The Bertz CT molecular complexity index is 372. The van der Waals surface area contributed by atoms with Crippen LogP contribution in [-0.2, 0) is 14.3 Å². The summed E-state index contributed by atoms with van der Waals surface area (Å²) < 4.78 is 5.41. The van der Waals surface area contributed by atoms with Gasteiger partial charge in [0.1, 0.15) is 6.10 Å². The zero-order chi connectivity index (χ0) is 13.0. The molecule has 0 aromatic carbocycles. The van der Waals surface area contributed by atoms with Gasteiger partial charge in [-0.05, 0) is 19.3 Å². The molecular formula is C14H18O4. The van der Waals surface area contributed by atoms with Crippen LogP contribution in [0.15, 0.2) is 0 Å². The standard InChI is InChI=1S/C14H18O4/c15-12(16)8-5-9-13(17)18-14-10-6-3-1-2-4-7-11(10)14/h10-11,14H,3-9H2,(H,15,16)/t10-,11+,14?. The topological polar surface area (TPSA) is 63.6 Å². The summed E-state index contributed by atoms with van der Waals surface area (Å²) >= 11 is 0. The first-order chi connectivity index (χ1) is 8.68. The quantitative estimate of drug-likeness (QED) is 0.598. The molecule has 0 aliphatic heterocycles. The third-order valence-electron chi connectivity index (χ3n) is 3.62. The second-order valence-corrected chi connectivity index (χ2v) is 4.96. The van der Waals surface area contributed by atoms with Crippen LogP contribution in [0.1, 0.15) is 44.9 Å². The van der Waals surface area contributed by atoms with Crippen molar-refractivity contribution in [2.24, 2.45) is 11.8 Å². The van der Waals surface area contributed by atoms with Crippen LogP contribution in [0.4, 0.5) is 0 Å². The van der Waals surface area contributed by atoms with E-state index in [2.05, 4.69) is 11.8 Å². The van der Waals surface area contributed by atoms with Gasteiger partial charge in [0, 0.05) is 37.5 Å². The molecule has 98 valence electrons. The van der Waals surface area contributed by atoms with E-state index in [0.29, 0.717) is 18.3 Å². The summed E-state index contributed by atoms with van der Waals surface area (Å²) in [5, 5.41) is 8.49. The maximum atomic E-state index is 11.5. The number of rotatable bonds is 5. The molecule has 3 atom stereocenters. The predicted molar refractivity (Wildman–Crippen MR) is 64.6 cm³/mol. The van der Waals surface area contributed by atoms with Crippen molar-refractivity contribution in [3.05, 3.63) is 0 Å². The van der Waals surface area contributed by atoms with Gasteiger partial charge in [-0.15, -0.1) is 11.8 Å². The highest BCUT2D eigenvalue weighted by Gasteiger charge is 2.51. The monoisotopic (exact) mass is 250 g/mol. The molecule has 2 rings (SSSR count). The summed E-state index contributed by atoms with van der Waals surface area (Å²) in [5.74, 6) is 6.07. The largest absolute Gasteiger partial charge is 0.481 e. The molecule has 0 spiro atoms. The van der Waals surface area contributed by atoms with E-state index in [4.69, 9.17) is 9.84 Å². The lowest BCUT2D eigenvalue weighted by Crippen LogP contribution is -2.09. The minimum Gasteiger partial charge on any atom is -0.481 e. The van der Waals surface area contributed by atoms with Gasteiger partial charge in [0.25, 0.3) is 0 Å². The molecule has 0 bridgehead atoms. The molecule has 1 fully saturated rings. The van der Waals surface area contributed by atoms with Crippen LogP contribution in [0, 0.1) is 23.7 Å². The lowest BCUT2D eigenvalue weighted by molar-refractivity contribution is -0.146. The molecule has 0 aromatic rings. The van der Waals surface area contributed by atoms with Gasteiger partial charge in [0.15, 0.2) is 0 Å². The first-order valence-electron chi connectivity index (χ1n) is 6.55. The summed E-state index contributed by atoms with van der Waals surface area (Å²) in [6, 6.07) is 0. The number of carbonyl (C=O) groups is 2. The average Bonchev–Trinajstić information content (AvgIpc) is 2.87. The second-order valence-electron chi connectivity index (χ2n) is 4.96. The van der Waals surface area contributed by atoms with Crippen LogP contribution >= 0.6 is 0 Å². The maximum Gasteiger partial charge on any atom is 0.306 e. The zero-order valence-corrected chi connectivity index (χ0v) is 10.4. The summed E-state index contributed by atoms with van der Waals surface area (Å²) in [6.07, 6.45) is 4.49. The van der Waals surface area contributed by atoms with Crippen molar-refractivity contribution in [3.8, 4) is 11.8 Å². The van der Waals surface area contributed by atoms with Gasteiger partial charge in [-0.25, -0.2) is 0 Å². The van der Waals surface area contributed by atoms with Crippen LogP contribution in [-0.4, -0.2) is 23.1 Å². The van der Waals surface area contributed by atoms with Crippen molar-refractivity contribution < 1.29 is 19.4 Å². The summed E-state index contributed by atoms with van der Waals surface area (Å²) in [5.41, 5.74) is 0. The molecular weight excluding hydrogens is 232 g/mol. The van der Waals surface area contributed by atoms with E-state index < -0.39 is 5.97 Å². The zero-order valence-electron chi connectivity index (χ0n) is 10.4. The summed E-state index contributed by atoms with van der Waals surface area (Å²) in [4.78, 5) is 21.9. The van der Waals surface area contributed by atoms with E-state index in [9.17, 15) is 9.59 Å². The minimum absolute atomic E-state index is 0.0282. The smallest absolute Gasteiger partial charge is 0.306 e. The van der Waals surface area contributed by atoms with E-state index in [-0.39, 0.29) is 24.9 Å². The summed E-state index contributed by atoms with van der Waals surface area (Å²) in [6.45, 7) is 0. The Morgan fingerprint density at radius 1 is 1.11 bits per heavy atom. The molecule has 1 unspecified atom stereocenters. The molecule has 0 radical (unpaired) electrons. The normalized spacial score (nSPS) is 29.0. The number of aliphatic carboxylic acids is 1. The molecule has 18 heavy (non-hydrogen) atoms. The lowest BCUT2D eigenvalue weighted by Gasteiger charge is -2.03. The molecule has 4 heteroatoms. The Morgan fingerprint density at radius 3 is 2.28 bits per heavy atom. The third-order valence-corrected chi connectivity index (χ3v) is 3.62. The molecule has 0 heterocycles.